The van der Waals surface area contributed by atoms with Gasteiger partial charge in [-0.2, -0.15) is 0 Å². The first-order valence-electron chi connectivity index (χ1n) is 6.45. The second kappa shape index (κ2) is 5.73. The molecule has 0 radical (unpaired) electrons. The Bertz CT molecular complexity index is 556. The second-order valence-electron chi connectivity index (χ2n) is 4.86. The topological polar surface area (TPSA) is 92.5 Å². The van der Waals surface area contributed by atoms with Crippen molar-refractivity contribution in [2.75, 3.05) is 12.3 Å². The Kier molecular flexibility index (Phi) is 4.02. The molecule has 0 saturated carbocycles. The van der Waals surface area contributed by atoms with Gasteiger partial charge in [-0.15, -0.1) is 0 Å². The standard InChI is InChI=1S/C14H17N3O3/c1-9-14(20)16-12(18)8-17(9)13(19)6-5-10-3-2-4-11(15)7-10/h2-4,7,9H,5-6,8,15H2,1H3,(H,16,18,20). The van der Waals surface area contributed by atoms with Gasteiger partial charge in [-0.05, 0) is 31.0 Å². The van der Waals surface area contributed by atoms with Gasteiger partial charge >= 0.3 is 0 Å². The number of amides is 3. The Morgan fingerprint density at radius 3 is 2.90 bits per heavy atom. The molecule has 1 fully saturated rings. The number of piperazine rings is 1. The maximum absolute atomic E-state index is 12.1. The molecule has 0 bridgehead atoms. The molecule has 1 atom stereocenters. The first kappa shape index (κ1) is 14.0. The van der Waals surface area contributed by atoms with E-state index in [9.17, 15) is 14.4 Å². The van der Waals surface area contributed by atoms with E-state index in [2.05, 4.69) is 5.32 Å². The molecule has 1 aromatic carbocycles. The van der Waals surface area contributed by atoms with Gasteiger partial charge in [0.1, 0.15) is 12.6 Å². The molecular weight excluding hydrogens is 258 g/mol. The number of hydrogen-bond donors (Lipinski definition) is 2. The zero-order valence-corrected chi connectivity index (χ0v) is 11.3. The van der Waals surface area contributed by atoms with Gasteiger partial charge in [0, 0.05) is 12.1 Å². The number of hydrogen-bond acceptors (Lipinski definition) is 4. The van der Waals surface area contributed by atoms with Crippen molar-refractivity contribution in [2.24, 2.45) is 0 Å². The van der Waals surface area contributed by atoms with Crippen LogP contribution in [0.15, 0.2) is 24.3 Å². The molecule has 1 aromatic rings. The maximum Gasteiger partial charge on any atom is 0.249 e. The number of imide groups is 1. The first-order valence-corrected chi connectivity index (χ1v) is 6.45. The van der Waals surface area contributed by atoms with Crippen LogP contribution in [0.4, 0.5) is 5.69 Å². The average Bonchev–Trinajstić information content (AvgIpc) is 2.40. The summed E-state index contributed by atoms with van der Waals surface area (Å²) >= 11 is 0. The van der Waals surface area contributed by atoms with Crippen LogP contribution in [0.25, 0.3) is 0 Å². The highest BCUT2D eigenvalue weighted by molar-refractivity contribution is 6.04. The maximum atomic E-state index is 12.1. The van der Waals surface area contributed by atoms with Crippen molar-refractivity contribution in [3.05, 3.63) is 29.8 Å². The molecule has 6 heteroatoms. The van der Waals surface area contributed by atoms with Crippen LogP contribution in [0.2, 0.25) is 0 Å². The predicted molar refractivity (Wildman–Crippen MR) is 73.5 cm³/mol. The Balaban J connectivity index is 1.97. The summed E-state index contributed by atoms with van der Waals surface area (Å²) in [6.45, 7) is 1.54. The number of rotatable bonds is 3. The lowest BCUT2D eigenvalue weighted by atomic mass is 10.1. The van der Waals surface area contributed by atoms with E-state index in [0.29, 0.717) is 12.1 Å². The molecule has 3 N–H and O–H groups in total. The van der Waals surface area contributed by atoms with Crippen molar-refractivity contribution in [2.45, 2.75) is 25.8 Å². The Hall–Kier alpha value is -2.37. The van der Waals surface area contributed by atoms with Crippen LogP contribution in [-0.4, -0.2) is 35.2 Å². The molecule has 1 unspecified atom stereocenters. The third kappa shape index (κ3) is 3.14. The van der Waals surface area contributed by atoms with Gasteiger partial charge < -0.3 is 10.6 Å². The normalized spacial score (nSPS) is 18.9. The molecule has 1 saturated heterocycles. The predicted octanol–water partition coefficient (Wildman–Crippen LogP) is 0.0749. The minimum Gasteiger partial charge on any atom is -0.399 e. The lowest BCUT2D eigenvalue weighted by Gasteiger charge is -2.31. The van der Waals surface area contributed by atoms with E-state index in [4.69, 9.17) is 5.73 Å². The van der Waals surface area contributed by atoms with Crippen LogP contribution >= 0.6 is 0 Å². The number of nitrogens with two attached hydrogens (primary N) is 1. The fraction of sp³-hybridized carbons (Fsp3) is 0.357. The van der Waals surface area contributed by atoms with Gasteiger partial charge in [0.15, 0.2) is 0 Å². The highest BCUT2D eigenvalue weighted by Crippen LogP contribution is 2.12. The van der Waals surface area contributed by atoms with Crippen molar-refractivity contribution in [3.8, 4) is 0 Å². The van der Waals surface area contributed by atoms with Gasteiger partial charge in [-0.25, -0.2) is 0 Å². The number of carbonyl (C=O) groups is 3. The average molecular weight is 275 g/mol. The molecule has 0 spiro atoms. The number of nitrogens with zero attached hydrogens (tertiary/aromatic N) is 1. The van der Waals surface area contributed by atoms with Gasteiger partial charge in [0.25, 0.3) is 0 Å². The Morgan fingerprint density at radius 1 is 1.45 bits per heavy atom. The SMILES string of the molecule is CC1C(=O)NC(=O)CN1C(=O)CCc1cccc(N)c1. The summed E-state index contributed by atoms with van der Waals surface area (Å²) in [4.78, 5) is 36.2. The zero-order chi connectivity index (χ0) is 14.7. The first-order chi connectivity index (χ1) is 9.47. The minimum absolute atomic E-state index is 0.0668. The van der Waals surface area contributed by atoms with Crippen molar-refractivity contribution >= 4 is 23.4 Å². The largest absolute Gasteiger partial charge is 0.399 e. The Morgan fingerprint density at radius 2 is 2.20 bits per heavy atom. The van der Waals surface area contributed by atoms with E-state index in [1.807, 2.05) is 18.2 Å². The van der Waals surface area contributed by atoms with E-state index >= 15 is 0 Å². The van der Waals surface area contributed by atoms with E-state index in [0.717, 1.165) is 5.56 Å². The van der Waals surface area contributed by atoms with Crippen LogP contribution in [0, 0.1) is 0 Å². The number of anilines is 1. The van der Waals surface area contributed by atoms with Crippen molar-refractivity contribution < 1.29 is 14.4 Å². The lowest BCUT2D eigenvalue weighted by molar-refractivity contribution is -0.149. The number of carbonyl (C=O) groups excluding carboxylic acids is 3. The second-order valence-corrected chi connectivity index (χ2v) is 4.86. The summed E-state index contributed by atoms with van der Waals surface area (Å²) < 4.78 is 0. The third-order valence-corrected chi connectivity index (χ3v) is 3.32. The van der Waals surface area contributed by atoms with Gasteiger partial charge in [0.2, 0.25) is 17.7 Å². The molecule has 20 heavy (non-hydrogen) atoms. The van der Waals surface area contributed by atoms with Crippen molar-refractivity contribution in [1.82, 2.24) is 10.2 Å². The monoisotopic (exact) mass is 275 g/mol. The summed E-state index contributed by atoms with van der Waals surface area (Å²) in [6.07, 6.45) is 0.775. The fourth-order valence-corrected chi connectivity index (χ4v) is 2.16. The highest BCUT2D eigenvalue weighted by Gasteiger charge is 2.32. The molecule has 3 amide bonds. The van der Waals surface area contributed by atoms with Gasteiger partial charge in [-0.3, -0.25) is 19.7 Å². The zero-order valence-electron chi connectivity index (χ0n) is 11.3. The molecule has 1 aliphatic rings. The smallest absolute Gasteiger partial charge is 0.249 e. The van der Waals surface area contributed by atoms with Crippen molar-refractivity contribution in [3.63, 3.8) is 0 Å². The van der Waals surface area contributed by atoms with Gasteiger partial charge in [-0.1, -0.05) is 12.1 Å². The molecular formula is C14H17N3O3. The van der Waals surface area contributed by atoms with E-state index in [1.165, 1.54) is 4.90 Å². The van der Waals surface area contributed by atoms with E-state index in [1.54, 1.807) is 13.0 Å². The highest BCUT2D eigenvalue weighted by atomic mass is 16.2. The van der Waals surface area contributed by atoms with Crippen molar-refractivity contribution in [1.29, 1.82) is 0 Å². The molecule has 1 aliphatic heterocycles. The summed E-state index contributed by atoms with van der Waals surface area (Å²) in [5.74, 6) is -1.08. The number of benzene rings is 1. The number of nitrogens with one attached hydrogen (secondary N) is 1. The molecule has 0 aliphatic carbocycles. The molecule has 6 nitrogen and oxygen atoms in total. The van der Waals surface area contributed by atoms with E-state index < -0.39 is 17.9 Å². The van der Waals surface area contributed by atoms with Crippen LogP contribution < -0.4 is 11.1 Å². The Labute approximate surface area is 116 Å². The lowest BCUT2D eigenvalue weighted by Crippen LogP contribution is -2.58. The van der Waals surface area contributed by atoms with Crippen LogP contribution in [0.5, 0.6) is 0 Å². The quantitative estimate of drug-likeness (QED) is 0.603. The van der Waals surface area contributed by atoms with E-state index in [-0.39, 0.29) is 18.9 Å². The summed E-state index contributed by atoms with van der Waals surface area (Å²) in [6, 6.07) is 6.70. The molecule has 1 heterocycles. The summed E-state index contributed by atoms with van der Waals surface area (Å²) in [5, 5.41) is 2.21. The van der Waals surface area contributed by atoms with Crippen LogP contribution in [0.3, 0.4) is 0 Å². The number of aryl methyl sites for hydroxylation is 1. The summed E-state index contributed by atoms with van der Waals surface area (Å²) in [7, 11) is 0. The number of nitrogen functional groups attached to an aromatic ring is 1. The third-order valence-electron chi connectivity index (χ3n) is 3.32. The fourth-order valence-electron chi connectivity index (χ4n) is 2.16. The van der Waals surface area contributed by atoms with Gasteiger partial charge in [0.05, 0.1) is 0 Å². The van der Waals surface area contributed by atoms with Crippen LogP contribution in [-0.2, 0) is 20.8 Å². The molecule has 0 aromatic heterocycles. The summed E-state index contributed by atoms with van der Waals surface area (Å²) in [5.41, 5.74) is 7.28. The molecule has 2 rings (SSSR count). The van der Waals surface area contributed by atoms with Crippen LogP contribution in [0.1, 0.15) is 18.9 Å². The minimum atomic E-state index is -0.610. The molecule has 106 valence electrons.